The molecule has 3 rings (SSSR count). The fraction of sp³-hybridized carbons (Fsp3) is 0.308. The normalized spacial score (nSPS) is 12.8. The third kappa shape index (κ3) is 2.20. The van der Waals surface area contributed by atoms with Gasteiger partial charge in [-0.25, -0.2) is 4.98 Å². The quantitative estimate of drug-likeness (QED) is 0.724. The smallest absolute Gasteiger partial charge is 0.154 e. The van der Waals surface area contributed by atoms with Gasteiger partial charge in [-0.1, -0.05) is 0 Å². The van der Waals surface area contributed by atoms with Crippen molar-refractivity contribution in [2.45, 2.75) is 19.9 Å². The molecule has 0 spiro atoms. The van der Waals surface area contributed by atoms with Crippen molar-refractivity contribution in [3.8, 4) is 0 Å². The topological polar surface area (TPSA) is 81.7 Å². The van der Waals surface area contributed by atoms with Crippen LogP contribution in [0.1, 0.15) is 23.8 Å². The summed E-state index contributed by atoms with van der Waals surface area (Å²) in [7, 11) is 1.92. The number of hydrogen-bond donors (Lipinski definition) is 2. The lowest BCUT2D eigenvalue weighted by Gasteiger charge is -2.16. The molecule has 3 N–H and O–H groups in total. The molecule has 0 amide bonds. The Labute approximate surface area is 120 Å². The molecule has 2 aromatic heterocycles. The standard InChI is InChI=1S/C13H16N6S/c1-7(13-18-15-6-19(13)3)16-10-5-11-12(4-9(10)14)20-8(2)17-11/h4-7,16H,14H2,1-3H3. The largest absolute Gasteiger partial charge is 0.397 e. The Morgan fingerprint density at radius 3 is 2.90 bits per heavy atom. The van der Waals surface area contributed by atoms with Crippen LogP contribution in [-0.2, 0) is 7.05 Å². The Bertz CT molecular complexity index is 759. The van der Waals surface area contributed by atoms with Crippen molar-refractivity contribution in [1.82, 2.24) is 19.7 Å². The van der Waals surface area contributed by atoms with Crippen LogP contribution >= 0.6 is 11.3 Å². The summed E-state index contributed by atoms with van der Waals surface area (Å²) in [6.07, 6.45) is 1.68. The van der Waals surface area contributed by atoms with Crippen LogP contribution in [0.3, 0.4) is 0 Å². The third-order valence-corrected chi connectivity index (χ3v) is 4.11. The van der Waals surface area contributed by atoms with Gasteiger partial charge in [0.1, 0.15) is 6.33 Å². The average Bonchev–Trinajstić information content (AvgIpc) is 2.94. The summed E-state index contributed by atoms with van der Waals surface area (Å²) < 4.78 is 3.00. The highest BCUT2D eigenvalue weighted by atomic mass is 32.1. The van der Waals surface area contributed by atoms with E-state index >= 15 is 0 Å². The lowest BCUT2D eigenvalue weighted by Crippen LogP contribution is -2.13. The second-order valence-corrected chi connectivity index (χ2v) is 6.04. The van der Waals surface area contributed by atoms with E-state index in [0.29, 0.717) is 0 Å². The second kappa shape index (κ2) is 4.75. The number of nitrogen functional groups attached to an aromatic ring is 1. The molecular formula is C13H16N6S. The molecule has 2 heterocycles. The maximum Gasteiger partial charge on any atom is 0.154 e. The molecule has 104 valence electrons. The van der Waals surface area contributed by atoms with Gasteiger partial charge in [0.05, 0.1) is 32.6 Å². The summed E-state index contributed by atoms with van der Waals surface area (Å²) >= 11 is 1.65. The van der Waals surface area contributed by atoms with Gasteiger partial charge in [-0.15, -0.1) is 21.5 Å². The van der Waals surface area contributed by atoms with E-state index in [0.717, 1.165) is 32.4 Å². The summed E-state index contributed by atoms with van der Waals surface area (Å²) in [6, 6.07) is 3.97. The first kappa shape index (κ1) is 12.9. The summed E-state index contributed by atoms with van der Waals surface area (Å²) in [4.78, 5) is 4.49. The van der Waals surface area contributed by atoms with E-state index in [1.807, 2.05) is 37.6 Å². The summed E-state index contributed by atoms with van der Waals surface area (Å²) in [5.74, 6) is 0.860. The lowest BCUT2D eigenvalue weighted by atomic mass is 10.2. The number of nitrogens with zero attached hydrogens (tertiary/aromatic N) is 4. The highest BCUT2D eigenvalue weighted by Gasteiger charge is 2.13. The van der Waals surface area contributed by atoms with Crippen molar-refractivity contribution in [3.05, 3.63) is 29.3 Å². The molecule has 1 unspecified atom stereocenters. The van der Waals surface area contributed by atoms with Crippen molar-refractivity contribution in [1.29, 1.82) is 0 Å². The molecule has 0 saturated heterocycles. The van der Waals surface area contributed by atoms with Crippen molar-refractivity contribution in [3.63, 3.8) is 0 Å². The zero-order valence-corrected chi connectivity index (χ0v) is 12.4. The Morgan fingerprint density at radius 1 is 1.40 bits per heavy atom. The maximum absolute atomic E-state index is 6.11. The molecule has 0 aliphatic rings. The molecule has 0 fully saturated rings. The molecule has 20 heavy (non-hydrogen) atoms. The van der Waals surface area contributed by atoms with Gasteiger partial charge in [-0.2, -0.15) is 0 Å². The molecule has 6 nitrogen and oxygen atoms in total. The highest BCUT2D eigenvalue weighted by molar-refractivity contribution is 7.18. The Hall–Kier alpha value is -2.15. The highest BCUT2D eigenvalue weighted by Crippen LogP contribution is 2.31. The lowest BCUT2D eigenvalue weighted by molar-refractivity contribution is 0.720. The van der Waals surface area contributed by atoms with Crippen LogP contribution in [-0.4, -0.2) is 19.7 Å². The minimum Gasteiger partial charge on any atom is -0.397 e. The second-order valence-electron chi connectivity index (χ2n) is 4.81. The van der Waals surface area contributed by atoms with E-state index in [9.17, 15) is 0 Å². The number of aryl methyl sites for hydroxylation is 2. The molecule has 1 aromatic carbocycles. The predicted molar refractivity (Wildman–Crippen MR) is 81.8 cm³/mol. The van der Waals surface area contributed by atoms with E-state index in [-0.39, 0.29) is 6.04 Å². The van der Waals surface area contributed by atoms with Gasteiger partial charge < -0.3 is 15.6 Å². The Kier molecular flexibility index (Phi) is 3.06. The third-order valence-electron chi connectivity index (χ3n) is 3.17. The zero-order chi connectivity index (χ0) is 14.3. The van der Waals surface area contributed by atoms with E-state index < -0.39 is 0 Å². The maximum atomic E-state index is 6.11. The van der Waals surface area contributed by atoms with Crippen LogP contribution in [0, 0.1) is 6.92 Å². The minimum absolute atomic E-state index is 0.0157. The SMILES string of the molecule is Cc1nc2cc(NC(C)c3nncn3C)c(N)cc2s1. The first-order valence-electron chi connectivity index (χ1n) is 6.31. The van der Waals surface area contributed by atoms with Gasteiger partial charge in [0.2, 0.25) is 0 Å². The summed E-state index contributed by atoms with van der Waals surface area (Å²) in [5, 5.41) is 12.4. The van der Waals surface area contributed by atoms with E-state index in [1.165, 1.54) is 0 Å². The predicted octanol–water partition coefficient (Wildman–Crippen LogP) is 2.49. The van der Waals surface area contributed by atoms with Crippen LogP contribution in [0.2, 0.25) is 0 Å². The number of thiazole rings is 1. The van der Waals surface area contributed by atoms with Gasteiger partial charge in [0, 0.05) is 7.05 Å². The van der Waals surface area contributed by atoms with Crippen LogP contribution in [0.5, 0.6) is 0 Å². The summed E-state index contributed by atoms with van der Waals surface area (Å²) in [5.41, 5.74) is 8.67. The molecule has 0 saturated carbocycles. The number of aromatic nitrogens is 4. The number of rotatable bonds is 3. The zero-order valence-electron chi connectivity index (χ0n) is 11.6. The molecule has 3 aromatic rings. The number of nitrogens with two attached hydrogens (primary N) is 1. The van der Waals surface area contributed by atoms with Gasteiger partial charge in [-0.05, 0) is 26.0 Å². The molecule has 1 atom stereocenters. The number of hydrogen-bond acceptors (Lipinski definition) is 6. The number of fused-ring (bicyclic) bond motifs is 1. The molecule has 7 heteroatoms. The van der Waals surface area contributed by atoms with Crippen LogP contribution < -0.4 is 11.1 Å². The fourth-order valence-electron chi connectivity index (χ4n) is 2.21. The Balaban J connectivity index is 1.94. The molecular weight excluding hydrogens is 272 g/mol. The number of benzene rings is 1. The van der Waals surface area contributed by atoms with E-state index in [4.69, 9.17) is 5.73 Å². The average molecular weight is 288 g/mol. The van der Waals surface area contributed by atoms with Crippen molar-refractivity contribution < 1.29 is 0 Å². The van der Waals surface area contributed by atoms with Gasteiger partial charge in [0.25, 0.3) is 0 Å². The van der Waals surface area contributed by atoms with Crippen LogP contribution in [0.4, 0.5) is 11.4 Å². The fourth-order valence-corrected chi connectivity index (χ4v) is 3.07. The first-order chi connectivity index (χ1) is 9.54. The van der Waals surface area contributed by atoms with Crippen molar-refractivity contribution >= 4 is 32.9 Å². The molecule has 0 aliphatic heterocycles. The van der Waals surface area contributed by atoms with Crippen molar-refractivity contribution in [2.24, 2.45) is 7.05 Å². The van der Waals surface area contributed by atoms with E-state index in [1.54, 1.807) is 17.7 Å². The van der Waals surface area contributed by atoms with Gasteiger partial charge in [0.15, 0.2) is 5.82 Å². The van der Waals surface area contributed by atoms with Crippen LogP contribution in [0.25, 0.3) is 10.2 Å². The Morgan fingerprint density at radius 2 is 2.20 bits per heavy atom. The summed E-state index contributed by atoms with van der Waals surface area (Å²) in [6.45, 7) is 4.02. The van der Waals surface area contributed by atoms with E-state index in [2.05, 4.69) is 20.5 Å². The molecule has 0 radical (unpaired) electrons. The van der Waals surface area contributed by atoms with Gasteiger partial charge >= 0.3 is 0 Å². The number of anilines is 2. The van der Waals surface area contributed by atoms with Crippen LogP contribution in [0.15, 0.2) is 18.5 Å². The minimum atomic E-state index is 0.0157. The monoisotopic (exact) mass is 288 g/mol. The van der Waals surface area contributed by atoms with Gasteiger partial charge in [-0.3, -0.25) is 0 Å². The molecule has 0 bridgehead atoms. The first-order valence-corrected chi connectivity index (χ1v) is 7.13. The van der Waals surface area contributed by atoms with Crippen molar-refractivity contribution in [2.75, 3.05) is 11.1 Å². The number of nitrogens with one attached hydrogen (secondary N) is 1. The molecule has 0 aliphatic carbocycles.